The highest BCUT2D eigenvalue weighted by molar-refractivity contribution is 7.89. The lowest BCUT2D eigenvalue weighted by atomic mass is 9.92. The summed E-state index contributed by atoms with van der Waals surface area (Å²) in [6, 6.07) is 3.58. The van der Waals surface area contributed by atoms with Gasteiger partial charge in [-0.25, -0.2) is 27.3 Å². The number of amides is 1. The summed E-state index contributed by atoms with van der Waals surface area (Å²) in [4.78, 5) is 20.7. The number of aryl methyl sites for hydroxylation is 1. The Bertz CT molecular complexity index is 1080. The first-order valence-corrected chi connectivity index (χ1v) is 10.6. The Hall–Kier alpha value is -2.25. The number of anilines is 1. The molecule has 0 spiro atoms. The van der Waals surface area contributed by atoms with Crippen molar-refractivity contribution >= 4 is 33.2 Å². The predicted molar refractivity (Wildman–Crippen MR) is 104 cm³/mol. The van der Waals surface area contributed by atoms with Gasteiger partial charge in [0.1, 0.15) is 0 Å². The molecule has 1 saturated heterocycles. The van der Waals surface area contributed by atoms with E-state index in [0.29, 0.717) is 6.54 Å². The van der Waals surface area contributed by atoms with Crippen molar-refractivity contribution in [3.05, 3.63) is 46.4 Å². The summed E-state index contributed by atoms with van der Waals surface area (Å²) in [5.74, 6) is -0.833. The van der Waals surface area contributed by atoms with Crippen LogP contribution in [0.3, 0.4) is 0 Å². The zero-order chi connectivity index (χ0) is 22.1. The van der Waals surface area contributed by atoms with Crippen molar-refractivity contribution in [1.29, 1.82) is 0 Å². The number of halogens is 3. The SMILES string of the molecule is Cc1nc([C@]2(C(F)F)CNCCO2)c(C(=O)Nc2ccnc(S(N)(=O)=O)c2)cc1Cl. The van der Waals surface area contributed by atoms with Crippen LogP contribution < -0.4 is 15.8 Å². The monoisotopic (exact) mass is 461 g/mol. The highest BCUT2D eigenvalue weighted by Gasteiger charge is 2.48. The number of hydrogen-bond acceptors (Lipinski definition) is 7. The molecule has 0 saturated carbocycles. The summed E-state index contributed by atoms with van der Waals surface area (Å²) in [7, 11) is -4.11. The number of primary sulfonamides is 1. The third kappa shape index (κ3) is 4.42. The summed E-state index contributed by atoms with van der Waals surface area (Å²) in [5, 5.41) is 9.93. The van der Waals surface area contributed by atoms with Crippen LogP contribution in [0.5, 0.6) is 0 Å². The number of nitrogens with one attached hydrogen (secondary N) is 2. The molecule has 0 bridgehead atoms. The molecule has 2 aromatic rings. The van der Waals surface area contributed by atoms with E-state index in [-0.39, 0.29) is 40.8 Å². The third-order valence-corrected chi connectivity index (χ3v) is 5.65. The molecular weight excluding hydrogens is 444 g/mol. The van der Waals surface area contributed by atoms with E-state index in [0.717, 1.165) is 12.3 Å². The molecule has 0 aromatic carbocycles. The first-order chi connectivity index (χ1) is 14.0. The van der Waals surface area contributed by atoms with Crippen molar-refractivity contribution in [2.75, 3.05) is 25.0 Å². The zero-order valence-corrected chi connectivity index (χ0v) is 17.2. The van der Waals surface area contributed by atoms with Crippen molar-refractivity contribution in [2.45, 2.75) is 24.0 Å². The fourth-order valence-corrected chi connectivity index (χ4v) is 3.59. The molecule has 1 aliphatic rings. The maximum atomic E-state index is 14.1. The van der Waals surface area contributed by atoms with Crippen molar-refractivity contribution in [1.82, 2.24) is 15.3 Å². The van der Waals surface area contributed by atoms with Gasteiger partial charge in [-0.2, -0.15) is 0 Å². The van der Waals surface area contributed by atoms with Crippen molar-refractivity contribution < 1.29 is 26.7 Å². The number of nitrogens with zero attached hydrogens (tertiary/aromatic N) is 2. The molecule has 1 aliphatic heterocycles. The average molecular weight is 462 g/mol. The van der Waals surface area contributed by atoms with Gasteiger partial charge >= 0.3 is 0 Å². The van der Waals surface area contributed by atoms with E-state index in [1.54, 1.807) is 0 Å². The Balaban J connectivity index is 2.05. The minimum Gasteiger partial charge on any atom is -0.360 e. The van der Waals surface area contributed by atoms with Gasteiger partial charge in [0.05, 0.1) is 28.6 Å². The smallest absolute Gasteiger partial charge is 0.274 e. The minimum absolute atomic E-state index is 0.00315. The lowest BCUT2D eigenvalue weighted by Crippen LogP contribution is -2.53. The van der Waals surface area contributed by atoms with Crippen LogP contribution in [0.25, 0.3) is 0 Å². The van der Waals surface area contributed by atoms with Gasteiger partial charge in [0.2, 0.25) is 0 Å². The molecule has 2 aromatic heterocycles. The van der Waals surface area contributed by atoms with Crippen LogP contribution in [0.4, 0.5) is 14.5 Å². The molecule has 3 heterocycles. The van der Waals surface area contributed by atoms with Crippen LogP contribution in [0, 0.1) is 6.92 Å². The van der Waals surface area contributed by atoms with E-state index in [1.165, 1.54) is 19.1 Å². The largest absolute Gasteiger partial charge is 0.360 e. The molecular formula is C17H18ClF2N5O4S. The van der Waals surface area contributed by atoms with Crippen LogP contribution in [0.15, 0.2) is 29.4 Å². The molecule has 0 aliphatic carbocycles. The Morgan fingerprint density at radius 2 is 2.17 bits per heavy atom. The molecule has 13 heteroatoms. The summed E-state index contributed by atoms with van der Waals surface area (Å²) in [6.07, 6.45) is -1.86. The van der Waals surface area contributed by atoms with E-state index in [1.807, 2.05) is 0 Å². The fourth-order valence-electron chi connectivity index (χ4n) is 2.94. The van der Waals surface area contributed by atoms with E-state index in [9.17, 15) is 22.0 Å². The lowest BCUT2D eigenvalue weighted by Gasteiger charge is -2.37. The number of carbonyl (C=O) groups is 1. The first-order valence-electron chi connectivity index (χ1n) is 8.65. The number of morpholine rings is 1. The fraction of sp³-hybridized carbons (Fsp3) is 0.353. The van der Waals surface area contributed by atoms with Crippen molar-refractivity contribution in [2.24, 2.45) is 5.14 Å². The number of aromatic nitrogens is 2. The predicted octanol–water partition coefficient (Wildman–Crippen LogP) is 1.42. The Kier molecular flexibility index (Phi) is 6.34. The second kappa shape index (κ2) is 8.47. The third-order valence-electron chi connectivity index (χ3n) is 4.46. The number of rotatable bonds is 5. The lowest BCUT2D eigenvalue weighted by molar-refractivity contribution is -0.162. The van der Waals surface area contributed by atoms with Gasteiger partial charge < -0.3 is 15.4 Å². The van der Waals surface area contributed by atoms with Gasteiger partial charge in [-0.05, 0) is 19.1 Å². The van der Waals surface area contributed by atoms with Crippen LogP contribution in [0.2, 0.25) is 5.02 Å². The Morgan fingerprint density at radius 1 is 1.43 bits per heavy atom. The van der Waals surface area contributed by atoms with Gasteiger partial charge in [0.15, 0.2) is 10.6 Å². The standard InChI is InChI=1S/C17H18ClF2N5O4S/c1-9-12(18)7-11(14(24-9)17(16(19)20)8-22-4-5-29-17)15(26)25-10-2-3-23-13(6-10)30(21,27)28/h2-3,6-7,16,22H,4-5,8H2,1H3,(H2,21,27,28)(H,23,25,26)/t17-/m0/s1. The second-order valence-electron chi connectivity index (χ2n) is 6.55. The maximum absolute atomic E-state index is 14.1. The van der Waals surface area contributed by atoms with Crippen LogP contribution in [0.1, 0.15) is 21.7 Å². The van der Waals surface area contributed by atoms with E-state index < -0.39 is 33.0 Å². The summed E-state index contributed by atoms with van der Waals surface area (Å²) < 4.78 is 56.5. The molecule has 30 heavy (non-hydrogen) atoms. The van der Waals surface area contributed by atoms with Crippen molar-refractivity contribution in [3.8, 4) is 0 Å². The van der Waals surface area contributed by atoms with E-state index >= 15 is 0 Å². The molecule has 0 unspecified atom stereocenters. The summed E-state index contributed by atoms with van der Waals surface area (Å²) in [5.41, 5.74) is -2.37. The van der Waals surface area contributed by atoms with Gasteiger partial charge in [-0.3, -0.25) is 9.78 Å². The molecule has 0 radical (unpaired) electrons. The number of pyridine rings is 2. The number of nitrogens with two attached hydrogens (primary N) is 1. The molecule has 9 nitrogen and oxygen atoms in total. The highest BCUT2D eigenvalue weighted by Crippen LogP contribution is 2.36. The average Bonchev–Trinajstić information content (AvgIpc) is 2.69. The van der Waals surface area contributed by atoms with Gasteiger partial charge in [0.25, 0.3) is 22.4 Å². The maximum Gasteiger partial charge on any atom is 0.274 e. The minimum atomic E-state index is -4.11. The molecule has 1 fully saturated rings. The van der Waals surface area contributed by atoms with E-state index in [4.69, 9.17) is 21.5 Å². The molecule has 1 amide bonds. The molecule has 1 atom stereocenters. The Morgan fingerprint density at radius 3 is 2.77 bits per heavy atom. The number of alkyl halides is 2. The second-order valence-corrected chi connectivity index (χ2v) is 8.46. The topological polar surface area (TPSA) is 136 Å². The molecule has 3 rings (SSSR count). The number of ether oxygens (including phenoxy) is 1. The summed E-state index contributed by atoms with van der Waals surface area (Å²) in [6.45, 7) is 1.63. The Labute approximate surface area is 176 Å². The van der Waals surface area contributed by atoms with Gasteiger partial charge in [-0.1, -0.05) is 11.6 Å². The first kappa shape index (κ1) is 22.4. The van der Waals surface area contributed by atoms with Crippen molar-refractivity contribution in [3.63, 3.8) is 0 Å². The van der Waals surface area contributed by atoms with Crippen LogP contribution in [-0.2, 0) is 20.4 Å². The molecule has 4 N–H and O–H groups in total. The van der Waals surface area contributed by atoms with E-state index in [2.05, 4.69) is 20.6 Å². The number of carbonyl (C=O) groups excluding carboxylic acids is 1. The normalized spacial score (nSPS) is 19.7. The number of hydrogen-bond donors (Lipinski definition) is 3. The quantitative estimate of drug-likeness (QED) is 0.612. The highest BCUT2D eigenvalue weighted by atomic mass is 35.5. The van der Waals surface area contributed by atoms with Crippen LogP contribution >= 0.6 is 11.6 Å². The summed E-state index contributed by atoms with van der Waals surface area (Å²) >= 11 is 6.09. The van der Waals surface area contributed by atoms with Gasteiger partial charge in [0, 0.05) is 31.0 Å². The number of sulfonamides is 1. The zero-order valence-electron chi connectivity index (χ0n) is 15.7. The van der Waals surface area contributed by atoms with Gasteiger partial charge in [-0.15, -0.1) is 0 Å². The van der Waals surface area contributed by atoms with Crippen LogP contribution in [-0.4, -0.2) is 50.4 Å². The molecule has 162 valence electrons.